The smallest absolute Gasteiger partial charge is 0.258 e. The highest BCUT2D eigenvalue weighted by atomic mass is 35.5. The van der Waals surface area contributed by atoms with Gasteiger partial charge in [-0.05, 0) is 30.5 Å². The van der Waals surface area contributed by atoms with Crippen molar-refractivity contribution in [3.63, 3.8) is 0 Å². The molecule has 1 spiro atoms. The molecular weight excluding hydrogens is 438 g/mol. The Hall–Kier alpha value is -2.81. The summed E-state index contributed by atoms with van der Waals surface area (Å²) in [5.41, 5.74) is 1.91. The molecule has 1 amide bonds. The molecular formula is C22H23ClF2N6O. The number of piperidine rings is 1. The topological polar surface area (TPSA) is 67.2 Å². The van der Waals surface area contributed by atoms with E-state index in [-0.39, 0.29) is 11.3 Å². The van der Waals surface area contributed by atoms with Gasteiger partial charge in [0.25, 0.3) is 6.43 Å². The van der Waals surface area contributed by atoms with Crippen LogP contribution < -0.4 is 4.90 Å². The van der Waals surface area contributed by atoms with Crippen LogP contribution in [0.2, 0.25) is 5.02 Å². The summed E-state index contributed by atoms with van der Waals surface area (Å²) in [6.07, 6.45) is 2.91. The summed E-state index contributed by atoms with van der Waals surface area (Å²) in [7, 11) is 0. The van der Waals surface area contributed by atoms with Crippen LogP contribution in [0.5, 0.6) is 0 Å². The Morgan fingerprint density at radius 1 is 1.12 bits per heavy atom. The Kier molecular flexibility index (Phi) is 5.44. The zero-order valence-electron chi connectivity index (χ0n) is 17.4. The van der Waals surface area contributed by atoms with Gasteiger partial charge in [0.15, 0.2) is 5.65 Å². The maximum atomic E-state index is 12.8. The van der Waals surface area contributed by atoms with Crippen LogP contribution >= 0.6 is 11.6 Å². The number of benzene rings is 1. The van der Waals surface area contributed by atoms with E-state index in [0.29, 0.717) is 35.0 Å². The maximum Gasteiger partial charge on any atom is 0.258 e. The first-order valence-electron chi connectivity index (χ1n) is 10.6. The number of nitrogens with zero attached hydrogens (tertiary/aromatic N) is 6. The Morgan fingerprint density at radius 2 is 1.88 bits per heavy atom. The molecule has 0 bridgehead atoms. The van der Waals surface area contributed by atoms with E-state index < -0.39 is 13.0 Å². The fourth-order valence-electron chi connectivity index (χ4n) is 4.74. The molecule has 4 heterocycles. The number of carbonyl (C=O) groups is 1. The second-order valence-electron chi connectivity index (χ2n) is 8.69. The van der Waals surface area contributed by atoms with Crippen LogP contribution in [0.4, 0.5) is 14.6 Å². The van der Waals surface area contributed by atoms with E-state index >= 15 is 0 Å². The summed E-state index contributed by atoms with van der Waals surface area (Å²) < 4.78 is 26.8. The normalized spacial score (nSPS) is 18.4. The van der Waals surface area contributed by atoms with Gasteiger partial charge in [0.1, 0.15) is 17.9 Å². The summed E-state index contributed by atoms with van der Waals surface area (Å²) >= 11 is 5.96. The Labute approximate surface area is 189 Å². The van der Waals surface area contributed by atoms with Crippen molar-refractivity contribution in [1.29, 1.82) is 0 Å². The number of fused-ring (bicyclic) bond motifs is 1. The maximum absolute atomic E-state index is 12.8. The van der Waals surface area contributed by atoms with Gasteiger partial charge in [-0.3, -0.25) is 4.79 Å². The quantitative estimate of drug-likeness (QED) is 0.580. The molecule has 0 atom stereocenters. The number of amides is 1. The van der Waals surface area contributed by atoms with Gasteiger partial charge < -0.3 is 9.80 Å². The summed E-state index contributed by atoms with van der Waals surface area (Å²) in [5, 5.41) is 4.66. The first kappa shape index (κ1) is 21.1. The van der Waals surface area contributed by atoms with E-state index in [4.69, 9.17) is 11.6 Å². The zero-order valence-corrected chi connectivity index (χ0v) is 18.2. The van der Waals surface area contributed by atoms with Crippen molar-refractivity contribution in [1.82, 2.24) is 24.6 Å². The average molecular weight is 461 g/mol. The van der Waals surface area contributed by atoms with E-state index in [0.717, 1.165) is 38.0 Å². The molecule has 0 N–H and O–H groups in total. The van der Waals surface area contributed by atoms with Gasteiger partial charge in [0, 0.05) is 43.0 Å². The highest BCUT2D eigenvalue weighted by Crippen LogP contribution is 2.42. The number of halogens is 3. The molecule has 2 saturated heterocycles. The van der Waals surface area contributed by atoms with E-state index in [1.54, 1.807) is 6.20 Å². The highest BCUT2D eigenvalue weighted by molar-refractivity contribution is 6.30. The third-order valence-corrected chi connectivity index (χ3v) is 6.74. The Morgan fingerprint density at radius 3 is 2.59 bits per heavy atom. The van der Waals surface area contributed by atoms with Gasteiger partial charge in [0.05, 0.1) is 12.4 Å². The SMILES string of the molecule is O=C1CC2(CCN(c3cnc4cnn(CC(F)F)c4n3)CC2)CN1Cc1ccc(Cl)cc1. The first-order valence-corrected chi connectivity index (χ1v) is 11.0. The molecule has 0 unspecified atom stereocenters. The Bertz CT molecular complexity index is 1130. The van der Waals surface area contributed by atoms with E-state index in [1.165, 1.54) is 10.9 Å². The van der Waals surface area contributed by atoms with Crippen molar-refractivity contribution in [2.75, 3.05) is 24.5 Å². The number of anilines is 1. The van der Waals surface area contributed by atoms with Gasteiger partial charge >= 0.3 is 0 Å². The van der Waals surface area contributed by atoms with Gasteiger partial charge in [0.2, 0.25) is 5.91 Å². The van der Waals surface area contributed by atoms with Crippen LogP contribution in [0.25, 0.3) is 11.2 Å². The molecule has 5 rings (SSSR count). The predicted octanol–water partition coefficient (Wildman–Crippen LogP) is 3.76. The molecule has 1 aromatic carbocycles. The third-order valence-electron chi connectivity index (χ3n) is 6.48. The number of alkyl halides is 2. The molecule has 10 heteroatoms. The lowest BCUT2D eigenvalue weighted by Crippen LogP contribution is -2.42. The lowest BCUT2D eigenvalue weighted by molar-refractivity contribution is -0.128. The van der Waals surface area contributed by atoms with Crippen LogP contribution in [0.3, 0.4) is 0 Å². The van der Waals surface area contributed by atoms with Crippen molar-refractivity contribution in [3.8, 4) is 0 Å². The van der Waals surface area contributed by atoms with Crippen molar-refractivity contribution in [3.05, 3.63) is 47.2 Å². The summed E-state index contributed by atoms with van der Waals surface area (Å²) in [6.45, 7) is 2.32. The largest absolute Gasteiger partial charge is 0.355 e. The molecule has 2 fully saturated rings. The fourth-order valence-corrected chi connectivity index (χ4v) is 4.86. The number of hydrogen-bond donors (Lipinski definition) is 0. The monoisotopic (exact) mass is 460 g/mol. The van der Waals surface area contributed by atoms with Crippen molar-refractivity contribution in [2.45, 2.75) is 38.8 Å². The summed E-state index contributed by atoms with van der Waals surface area (Å²) in [6, 6.07) is 7.60. The predicted molar refractivity (Wildman–Crippen MR) is 117 cm³/mol. The number of rotatable bonds is 5. The third kappa shape index (κ3) is 4.13. The average Bonchev–Trinajstić information content (AvgIpc) is 3.30. The summed E-state index contributed by atoms with van der Waals surface area (Å²) in [4.78, 5) is 25.7. The fraction of sp³-hybridized carbons (Fsp3) is 0.455. The summed E-state index contributed by atoms with van der Waals surface area (Å²) in [5.74, 6) is 0.844. The Balaban J connectivity index is 1.25. The molecule has 0 aliphatic carbocycles. The van der Waals surface area contributed by atoms with Gasteiger partial charge in [-0.1, -0.05) is 23.7 Å². The van der Waals surface area contributed by atoms with E-state index in [1.807, 2.05) is 29.2 Å². The van der Waals surface area contributed by atoms with Crippen LogP contribution in [-0.4, -0.2) is 56.6 Å². The molecule has 168 valence electrons. The minimum atomic E-state index is -2.51. The molecule has 2 aromatic heterocycles. The number of carbonyl (C=O) groups excluding carboxylic acids is 1. The molecule has 0 radical (unpaired) electrons. The van der Waals surface area contributed by atoms with Gasteiger partial charge in [-0.15, -0.1) is 0 Å². The lowest BCUT2D eigenvalue weighted by Gasteiger charge is -2.39. The first-order chi connectivity index (χ1) is 15.4. The minimum absolute atomic E-state index is 0.0328. The number of aromatic nitrogens is 4. The van der Waals surface area contributed by atoms with E-state index in [9.17, 15) is 13.6 Å². The highest BCUT2D eigenvalue weighted by Gasteiger charge is 2.45. The molecule has 3 aromatic rings. The number of hydrogen-bond acceptors (Lipinski definition) is 5. The molecule has 2 aliphatic heterocycles. The van der Waals surface area contributed by atoms with E-state index in [2.05, 4.69) is 20.0 Å². The lowest BCUT2D eigenvalue weighted by atomic mass is 9.77. The minimum Gasteiger partial charge on any atom is -0.355 e. The van der Waals surface area contributed by atoms with Crippen LogP contribution in [-0.2, 0) is 17.9 Å². The van der Waals surface area contributed by atoms with Crippen molar-refractivity contribution < 1.29 is 13.6 Å². The van der Waals surface area contributed by atoms with Gasteiger partial charge in [-0.25, -0.2) is 23.4 Å². The zero-order chi connectivity index (χ0) is 22.3. The molecule has 7 nitrogen and oxygen atoms in total. The second-order valence-corrected chi connectivity index (χ2v) is 9.13. The van der Waals surface area contributed by atoms with Gasteiger partial charge in [-0.2, -0.15) is 5.10 Å². The molecule has 2 aliphatic rings. The second kappa shape index (κ2) is 8.27. The van der Waals surface area contributed by atoms with Crippen LogP contribution in [0, 0.1) is 5.41 Å². The van der Waals surface area contributed by atoms with Crippen LogP contribution in [0.15, 0.2) is 36.7 Å². The number of likely N-dealkylation sites (tertiary alicyclic amines) is 1. The molecule has 0 saturated carbocycles. The van der Waals surface area contributed by atoms with Crippen molar-refractivity contribution >= 4 is 34.5 Å². The van der Waals surface area contributed by atoms with Crippen LogP contribution in [0.1, 0.15) is 24.8 Å². The molecule has 32 heavy (non-hydrogen) atoms. The van der Waals surface area contributed by atoms with Crippen molar-refractivity contribution in [2.24, 2.45) is 5.41 Å². The standard InChI is InChI=1S/C22H23ClF2N6O/c23-16-3-1-15(2-4-16)12-30-14-22(9-20(30)32)5-7-29(8-6-22)19-11-26-17-10-27-31(13-18(24)25)21(17)28-19/h1-4,10-11,18H,5-9,12-14H2.